The predicted octanol–water partition coefficient (Wildman–Crippen LogP) is 3.32. The van der Waals surface area contributed by atoms with Gasteiger partial charge in [-0.25, -0.2) is 9.78 Å². The molecule has 2 N–H and O–H groups in total. The molecule has 1 spiro atoms. The molecule has 8 atom stereocenters. The Morgan fingerprint density at radius 2 is 2.15 bits per heavy atom. The van der Waals surface area contributed by atoms with Crippen LogP contribution >= 0.6 is 11.6 Å². The van der Waals surface area contributed by atoms with Crippen molar-refractivity contribution in [2.24, 2.45) is 28.6 Å². The molecule has 6 rings (SSSR count). The number of aliphatic hydroxyl groups is 2. The third-order valence-corrected chi connectivity index (χ3v) is 9.57. The molecule has 3 aliphatic carbocycles. The second-order valence-corrected chi connectivity index (χ2v) is 10.6. The molecule has 2 saturated heterocycles. The van der Waals surface area contributed by atoms with E-state index >= 15 is 0 Å². The third kappa shape index (κ3) is 2.39. The molecule has 7 nitrogen and oxygen atoms in total. The van der Waals surface area contributed by atoms with Gasteiger partial charge in [-0.3, -0.25) is 4.79 Å². The smallest absolute Gasteiger partial charge is 0.342 e. The number of fused-ring (bicyclic) bond motifs is 3. The third-order valence-electron chi connectivity index (χ3n) is 9.27. The molecule has 3 saturated carbocycles. The highest BCUT2D eigenvalue weighted by molar-refractivity contribution is 6.32. The van der Waals surface area contributed by atoms with Crippen LogP contribution in [0.4, 0.5) is 0 Å². The molecule has 0 radical (unpaired) electrons. The van der Waals surface area contributed by atoms with Crippen molar-refractivity contribution >= 4 is 23.4 Å². The first kappa shape index (κ1) is 23.0. The van der Waals surface area contributed by atoms with E-state index in [4.69, 9.17) is 21.1 Å². The summed E-state index contributed by atoms with van der Waals surface area (Å²) in [6.45, 7) is 10.4. The van der Waals surface area contributed by atoms with Crippen LogP contribution in [0.15, 0.2) is 30.5 Å². The van der Waals surface area contributed by atoms with E-state index < -0.39 is 46.0 Å². The molecule has 178 valence electrons. The summed E-state index contributed by atoms with van der Waals surface area (Å²) >= 11 is 6.09. The van der Waals surface area contributed by atoms with E-state index in [0.717, 1.165) is 12.8 Å². The van der Waals surface area contributed by atoms with Crippen LogP contribution in [0.25, 0.3) is 0 Å². The SMILES string of the molecule is C=C1C(CCC)C2C1(OC(=O)c1cccnc1Cl)C(=O)C21CC2(CC)COC1(O)C(O)C2C. The lowest BCUT2D eigenvalue weighted by Crippen LogP contribution is -2.92. The van der Waals surface area contributed by atoms with Crippen LogP contribution < -0.4 is 0 Å². The quantitative estimate of drug-likeness (QED) is 0.382. The van der Waals surface area contributed by atoms with E-state index in [9.17, 15) is 19.8 Å². The van der Waals surface area contributed by atoms with E-state index in [-0.39, 0.29) is 29.2 Å². The Bertz CT molecular complexity index is 1060. The zero-order valence-electron chi connectivity index (χ0n) is 19.1. The topological polar surface area (TPSA) is 106 Å². The van der Waals surface area contributed by atoms with Gasteiger partial charge in [0.15, 0.2) is 11.4 Å². The number of hydrogen-bond donors (Lipinski definition) is 2. The Labute approximate surface area is 198 Å². The maximum atomic E-state index is 14.1. The molecule has 0 amide bonds. The molecular weight excluding hydrogens is 446 g/mol. The van der Waals surface area contributed by atoms with E-state index in [1.165, 1.54) is 12.3 Å². The van der Waals surface area contributed by atoms with Crippen LogP contribution in [-0.4, -0.2) is 51.0 Å². The Kier molecular flexibility index (Phi) is 4.94. The van der Waals surface area contributed by atoms with Crippen LogP contribution in [0.5, 0.6) is 0 Å². The van der Waals surface area contributed by atoms with Crippen molar-refractivity contribution in [2.75, 3.05) is 6.61 Å². The normalized spacial score (nSPS) is 45.4. The minimum Gasteiger partial charge on any atom is -0.442 e. The van der Waals surface area contributed by atoms with Crippen LogP contribution in [0.1, 0.15) is 56.8 Å². The first-order valence-corrected chi connectivity index (χ1v) is 12.1. The van der Waals surface area contributed by atoms with Crippen LogP contribution in [0, 0.1) is 28.6 Å². The summed E-state index contributed by atoms with van der Waals surface area (Å²) in [5.74, 6) is -4.11. The van der Waals surface area contributed by atoms with Crippen molar-refractivity contribution in [1.82, 2.24) is 4.98 Å². The van der Waals surface area contributed by atoms with E-state index in [0.29, 0.717) is 18.4 Å². The average Bonchev–Trinajstić information content (AvgIpc) is 2.81. The summed E-state index contributed by atoms with van der Waals surface area (Å²) in [5, 5.41) is 22.9. The number of nitrogens with zero attached hydrogens (tertiary/aromatic N) is 1. The van der Waals surface area contributed by atoms with Gasteiger partial charge >= 0.3 is 5.97 Å². The first-order chi connectivity index (χ1) is 15.6. The Morgan fingerprint density at radius 1 is 1.42 bits per heavy atom. The minimum atomic E-state index is -2.03. The fourth-order valence-corrected chi connectivity index (χ4v) is 7.55. The van der Waals surface area contributed by atoms with Gasteiger partial charge in [-0.15, -0.1) is 0 Å². The lowest BCUT2D eigenvalue weighted by Gasteiger charge is -2.78. The number of Topliss-reactive ketones (excluding diaryl/α,β-unsaturated/α-hetero) is 1. The van der Waals surface area contributed by atoms with Gasteiger partial charge in [0, 0.05) is 17.5 Å². The number of aliphatic hydroxyl groups excluding tert-OH is 1. The number of halogens is 1. The zero-order chi connectivity index (χ0) is 24.0. The van der Waals surface area contributed by atoms with Gasteiger partial charge in [-0.2, -0.15) is 0 Å². The highest BCUT2D eigenvalue weighted by atomic mass is 35.5. The highest BCUT2D eigenvalue weighted by Gasteiger charge is 2.92. The average molecular weight is 476 g/mol. The monoisotopic (exact) mass is 475 g/mol. The number of ketones is 1. The summed E-state index contributed by atoms with van der Waals surface area (Å²) in [7, 11) is 0. The van der Waals surface area contributed by atoms with Crippen molar-refractivity contribution in [3.63, 3.8) is 0 Å². The van der Waals surface area contributed by atoms with Crippen molar-refractivity contribution in [2.45, 2.75) is 63.9 Å². The van der Waals surface area contributed by atoms with Gasteiger partial charge in [0.2, 0.25) is 5.79 Å². The number of aromatic nitrogens is 1. The molecule has 2 bridgehead atoms. The van der Waals surface area contributed by atoms with Crippen molar-refractivity contribution in [3.8, 4) is 0 Å². The fourth-order valence-electron chi connectivity index (χ4n) is 7.36. The van der Waals surface area contributed by atoms with Crippen LogP contribution in [0.3, 0.4) is 0 Å². The second-order valence-electron chi connectivity index (χ2n) is 10.3. The number of ether oxygens (including phenoxy) is 2. The van der Waals surface area contributed by atoms with E-state index in [2.05, 4.69) is 11.6 Å². The largest absolute Gasteiger partial charge is 0.442 e. The Balaban J connectivity index is 1.59. The molecule has 8 heteroatoms. The lowest BCUT2D eigenvalue weighted by atomic mass is 9.28. The molecule has 5 fully saturated rings. The highest BCUT2D eigenvalue weighted by Crippen LogP contribution is 2.79. The fraction of sp³-hybridized carbons (Fsp3) is 0.640. The van der Waals surface area contributed by atoms with Gasteiger partial charge in [0.1, 0.15) is 11.3 Å². The molecule has 1 aromatic rings. The van der Waals surface area contributed by atoms with E-state index in [1.807, 2.05) is 20.8 Å². The zero-order valence-corrected chi connectivity index (χ0v) is 19.9. The van der Waals surface area contributed by atoms with Gasteiger partial charge in [0.05, 0.1) is 17.6 Å². The summed E-state index contributed by atoms with van der Waals surface area (Å²) in [4.78, 5) is 31.1. The number of carbonyl (C=O) groups excluding carboxylic acids is 2. The molecule has 5 aliphatic rings. The molecule has 3 heterocycles. The molecule has 33 heavy (non-hydrogen) atoms. The molecular formula is C25H30ClNO6. The number of pyridine rings is 1. The predicted molar refractivity (Wildman–Crippen MR) is 119 cm³/mol. The summed E-state index contributed by atoms with van der Waals surface area (Å²) in [5.41, 5.74) is -2.75. The second kappa shape index (κ2) is 7.11. The molecule has 2 aliphatic heterocycles. The number of esters is 1. The molecule has 0 aromatic carbocycles. The number of carbonyl (C=O) groups is 2. The van der Waals surface area contributed by atoms with Crippen molar-refractivity contribution in [3.05, 3.63) is 41.2 Å². The first-order valence-electron chi connectivity index (χ1n) is 11.7. The van der Waals surface area contributed by atoms with Crippen LogP contribution in [0.2, 0.25) is 5.15 Å². The maximum absolute atomic E-state index is 14.1. The maximum Gasteiger partial charge on any atom is 0.342 e. The van der Waals surface area contributed by atoms with Crippen molar-refractivity contribution < 1.29 is 29.3 Å². The Hall–Kier alpha value is -1.80. The summed E-state index contributed by atoms with van der Waals surface area (Å²) in [6, 6.07) is 3.06. The van der Waals surface area contributed by atoms with Gasteiger partial charge in [0.25, 0.3) is 0 Å². The lowest BCUT2D eigenvalue weighted by molar-refractivity contribution is -0.435. The minimum absolute atomic E-state index is 0.0140. The molecule has 8 unspecified atom stereocenters. The van der Waals surface area contributed by atoms with Gasteiger partial charge in [-0.1, -0.05) is 45.4 Å². The van der Waals surface area contributed by atoms with Crippen LogP contribution in [-0.2, 0) is 14.3 Å². The molecule has 1 aromatic heterocycles. The summed E-state index contributed by atoms with van der Waals surface area (Å²) < 4.78 is 11.8. The summed E-state index contributed by atoms with van der Waals surface area (Å²) in [6.07, 6.45) is 2.88. The van der Waals surface area contributed by atoms with E-state index in [1.54, 1.807) is 6.07 Å². The standard InChI is InChI=1S/C25H30ClNO6/c1-5-8-15-13(3)24(33-20(29)16-9-7-10-27-19(16)26)17(15)23(21(24)30)11-22(6-2)12-32-25(23,31)18(28)14(22)4/h7,9-10,14-15,17-18,28,31H,3,5-6,8,11-12H2,1-2,4H3. The van der Waals surface area contributed by atoms with Gasteiger partial charge < -0.3 is 19.7 Å². The van der Waals surface area contributed by atoms with Crippen molar-refractivity contribution in [1.29, 1.82) is 0 Å². The Morgan fingerprint density at radius 3 is 2.79 bits per heavy atom. The van der Waals surface area contributed by atoms with Gasteiger partial charge in [-0.05, 0) is 48.8 Å². The number of hydrogen-bond acceptors (Lipinski definition) is 7. The number of rotatable bonds is 5.